The molecule has 0 spiro atoms. The Hall–Kier alpha value is -2.34. The highest BCUT2D eigenvalue weighted by Crippen LogP contribution is 2.36. The van der Waals surface area contributed by atoms with Crippen molar-refractivity contribution in [3.05, 3.63) is 53.6 Å². The maximum Gasteiger partial charge on any atom is 0.416 e. The molecule has 3 nitrogen and oxygen atoms in total. The lowest BCUT2D eigenvalue weighted by molar-refractivity contribution is -0.137. The SMILES string of the molecule is COCOc1ccccc1-c1ccc(C(F)(F)F)cc1C=O. The lowest BCUT2D eigenvalue weighted by atomic mass is 9.97. The van der Waals surface area contributed by atoms with Crippen molar-refractivity contribution >= 4 is 6.29 Å². The molecule has 0 atom stereocenters. The Morgan fingerprint density at radius 3 is 2.45 bits per heavy atom. The largest absolute Gasteiger partial charge is 0.467 e. The van der Waals surface area contributed by atoms with E-state index in [4.69, 9.17) is 9.47 Å². The molecule has 22 heavy (non-hydrogen) atoms. The van der Waals surface area contributed by atoms with Gasteiger partial charge in [0.2, 0.25) is 0 Å². The summed E-state index contributed by atoms with van der Waals surface area (Å²) < 4.78 is 48.4. The van der Waals surface area contributed by atoms with E-state index in [1.54, 1.807) is 24.3 Å². The smallest absolute Gasteiger partial charge is 0.416 e. The summed E-state index contributed by atoms with van der Waals surface area (Å²) in [5.74, 6) is 0.423. The van der Waals surface area contributed by atoms with Crippen LogP contribution in [0.15, 0.2) is 42.5 Å². The van der Waals surface area contributed by atoms with Gasteiger partial charge >= 0.3 is 6.18 Å². The van der Waals surface area contributed by atoms with Crippen LogP contribution in [0.1, 0.15) is 15.9 Å². The molecule has 0 bridgehead atoms. The van der Waals surface area contributed by atoms with Crippen LogP contribution in [-0.4, -0.2) is 20.2 Å². The van der Waals surface area contributed by atoms with Gasteiger partial charge in [-0.15, -0.1) is 0 Å². The molecule has 0 aliphatic carbocycles. The van der Waals surface area contributed by atoms with Crippen LogP contribution in [0, 0.1) is 0 Å². The third kappa shape index (κ3) is 3.46. The van der Waals surface area contributed by atoms with Gasteiger partial charge in [0.1, 0.15) is 5.75 Å². The number of rotatable bonds is 5. The minimum atomic E-state index is -4.50. The highest BCUT2D eigenvalue weighted by molar-refractivity contribution is 5.89. The highest BCUT2D eigenvalue weighted by Gasteiger charge is 2.31. The van der Waals surface area contributed by atoms with Crippen LogP contribution in [0.4, 0.5) is 13.2 Å². The van der Waals surface area contributed by atoms with Crippen LogP contribution in [0.25, 0.3) is 11.1 Å². The Labute approximate surface area is 125 Å². The molecule has 2 aromatic carbocycles. The fraction of sp³-hybridized carbons (Fsp3) is 0.188. The lowest BCUT2D eigenvalue weighted by Gasteiger charge is -2.14. The average molecular weight is 310 g/mol. The topological polar surface area (TPSA) is 35.5 Å². The minimum absolute atomic E-state index is 0.00588. The van der Waals surface area contributed by atoms with Crippen LogP contribution in [-0.2, 0) is 10.9 Å². The molecule has 0 N–H and O–H groups in total. The Morgan fingerprint density at radius 2 is 1.82 bits per heavy atom. The van der Waals surface area contributed by atoms with Crippen LogP contribution in [0.5, 0.6) is 5.75 Å². The number of hydrogen-bond donors (Lipinski definition) is 0. The molecule has 0 saturated carbocycles. The van der Waals surface area contributed by atoms with Crippen molar-refractivity contribution in [3.63, 3.8) is 0 Å². The lowest BCUT2D eigenvalue weighted by Crippen LogP contribution is -2.06. The molecule has 0 unspecified atom stereocenters. The number of carbonyl (C=O) groups is 1. The number of alkyl halides is 3. The van der Waals surface area contributed by atoms with Gasteiger partial charge in [0.15, 0.2) is 13.1 Å². The van der Waals surface area contributed by atoms with Gasteiger partial charge in [-0.25, -0.2) is 0 Å². The van der Waals surface area contributed by atoms with E-state index < -0.39 is 11.7 Å². The van der Waals surface area contributed by atoms with E-state index in [1.807, 2.05) is 0 Å². The first-order chi connectivity index (χ1) is 10.5. The van der Waals surface area contributed by atoms with Crippen molar-refractivity contribution in [2.24, 2.45) is 0 Å². The van der Waals surface area contributed by atoms with Gasteiger partial charge in [0.05, 0.1) is 5.56 Å². The predicted octanol–water partition coefficient (Wildman–Crippen LogP) is 4.17. The Bertz CT molecular complexity index is 666. The second-order valence-corrected chi connectivity index (χ2v) is 4.46. The molecular weight excluding hydrogens is 297 g/mol. The Kier molecular flexibility index (Phi) is 4.82. The number of ether oxygens (including phenoxy) is 2. The molecule has 2 rings (SSSR count). The molecule has 0 fully saturated rings. The zero-order chi connectivity index (χ0) is 16.2. The molecule has 0 aliphatic heterocycles. The molecule has 0 radical (unpaired) electrons. The molecule has 0 aliphatic rings. The summed E-state index contributed by atoms with van der Waals surface area (Å²) in [7, 11) is 1.46. The first kappa shape index (κ1) is 16.0. The summed E-state index contributed by atoms with van der Waals surface area (Å²) in [5, 5.41) is 0. The van der Waals surface area contributed by atoms with Crippen molar-refractivity contribution in [1.29, 1.82) is 0 Å². The van der Waals surface area contributed by atoms with Gasteiger partial charge in [0, 0.05) is 18.2 Å². The van der Waals surface area contributed by atoms with Crippen molar-refractivity contribution in [3.8, 4) is 16.9 Å². The summed E-state index contributed by atoms with van der Waals surface area (Å²) in [5.41, 5.74) is -0.0259. The first-order valence-electron chi connectivity index (χ1n) is 6.35. The average Bonchev–Trinajstić information content (AvgIpc) is 2.51. The van der Waals surface area contributed by atoms with Gasteiger partial charge in [-0.2, -0.15) is 13.2 Å². The zero-order valence-electron chi connectivity index (χ0n) is 11.7. The van der Waals surface area contributed by atoms with Gasteiger partial charge in [-0.1, -0.05) is 24.3 Å². The van der Waals surface area contributed by atoms with Crippen molar-refractivity contribution in [2.75, 3.05) is 13.9 Å². The number of halogens is 3. The second kappa shape index (κ2) is 6.62. The van der Waals surface area contributed by atoms with E-state index in [0.717, 1.165) is 12.1 Å². The fourth-order valence-corrected chi connectivity index (χ4v) is 2.02. The molecular formula is C16H13F3O3. The molecule has 6 heteroatoms. The van der Waals surface area contributed by atoms with E-state index in [-0.39, 0.29) is 12.4 Å². The first-order valence-corrected chi connectivity index (χ1v) is 6.35. The predicted molar refractivity (Wildman–Crippen MR) is 74.8 cm³/mol. The number of para-hydroxylation sites is 1. The molecule has 0 heterocycles. The summed E-state index contributed by atoms with van der Waals surface area (Å²) in [6.45, 7) is -0.00588. The highest BCUT2D eigenvalue weighted by atomic mass is 19.4. The van der Waals surface area contributed by atoms with E-state index in [9.17, 15) is 18.0 Å². The third-order valence-corrected chi connectivity index (χ3v) is 3.02. The van der Waals surface area contributed by atoms with E-state index in [0.29, 0.717) is 23.2 Å². The van der Waals surface area contributed by atoms with Gasteiger partial charge in [-0.3, -0.25) is 4.79 Å². The summed E-state index contributed by atoms with van der Waals surface area (Å²) >= 11 is 0. The number of hydrogen-bond acceptors (Lipinski definition) is 3. The molecule has 116 valence electrons. The van der Waals surface area contributed by atoms with Gasteiger partial charge in [-0.05, 0) is 23.8 Å². The summed E-state index contributed by atoms with van der Waals surface area (Å²) in [6, 6.07) is 9.79. The maximum absolute atomic E-state index is 12.7. The van der Waals surface area contributed by atoms with Crippen LogP contribution < -0.4 is 4.74 Å². The van der Waals surface area contributed by atoms with Gasteiger partial charge < -0.3 is 9.47 Å². The Morgan fingerprint density at radius 1 is 1.09 bits per heavy atom. The number of methoxy groups -OCH3 is 1. The van der Waals surface area contributed by atoms with Crippen molar-refractivity contribution in [1.82, 2.24) is 0 Å². The van der Waals surface area contributed by atoms with Crippen molar-refractivity contribution in [2.45, 2.75) is 6.18 Å². The zero-order valence-corrected chi connectivity index (χ0v) is 11.7. The fourth-order valence-electron chi connectivity index (χ4n) is 2.02. The standard InChI is InChI=1S/C16H13F3O3/c1-21-10-22-15-5-3-2-4-14(15)13-7-6-12(16(17,18)19)8-11(13)9-20/h2-9H,10H2,1H3. The number of aldehydes is 1. The normalized spacial score (nSPS) is 11.3. The third-order valence-electron chi connectivity index (χ3n) is 3.02. The Balaban J connectivity index is 2.51. The molecule has 0 amide bonds. The monoisotopic (exact) mass is 310 g/mol. The van der Waals surface area contributed by atoms with E-state index in [1.165, 1.54) is 13.2 Å². The summed E-state index contributed by atoms with van der Waals surface area (Å²) in [6.07, 6.45) is -4.10. The van der Waals surface area contributed by atoms with E-state index in [2.05, 4.69) is 0 Å². The van der Waals surface area contributed by atoms with E-state index >= 15 is 0 Å². The maximum atomic E-state index is 12.7. The molecule has 0 aromatic heterocycles. The minimum Gasteiger partial charge on any atom is -0.467 e. The molecule has 0 saturated heterocycles. The van der Waals surface area contributed by atoms with Crippen LogP contribution in [0.2, 0.25) is 0 Å². The van der Waals surface area contributed by atoms with Crippen molar-refractivity contribution < 1.29 is 27.4 Å². The second-order valence-electron chi connectivity index (χ2n) is 4.46. The van der Waals surface area contributed by atoms with Gasteiger partial charge in [0.25, 0.3) is 0 Å². The molecule has 2 aromatic rings. The summed E-state index contributed by atoms with van der Waals surface area (Å²) in [4.78, 5) is 11.2. The van der Waals surface area contributed by atoms with Crippen LogP contribution >= 0.6 is 0 Å². The number of benzene rings is 2. The van der Waals surface area contributed by atoms with Crippen LogP contribution in [0.3, 0.4) is 0 Å². The quantitative estimate of drug-likeness (QED) is 0.614. The number of carbonyl (C=O) groups excluding carboxylic acids is 1.